The Labute approximate surface area is 90.1 Å². The van der Waals surface area contributed by atoms with Crippen LogP contribution in [0.4, 0.5) is 0 Å². The van der Waals surface area contributed by atoms with Crippen LogP contribution in [0.2, 0.25) is 0 Å². The minimum atomic E-state index is 0.115. The van der Waals surface area contributed by atoms with Gasteiger partial charge in [-0.15, -0.1) is 0 Å². The Morgan fingerprint density at radius 3 is 2.93 bits per heavy atom. The highest BCUT2D eigenvalue weighted by molar-refractivity contribution is 7.10. The second kappa shape index (κ2) is 6.74. The summed E-state index contributed by atoms with van der Waals surface area (Å²) < 4.78 is 16.0. The van der Waals surface area contributed by atoms with Crippen molar-refractivity contribution >= 4 is 18.9 Å². The van der Waals surface area contributed by atoms with Crippen LogP contribution in [0.3, 0.4) is 0 Å². The Morgan fingerprint density at radius 2 is 2.36 bits per heavy atom. The van der Waals surface area contributed by atoms with E-state index >= 15 is 0 Å². The third-order valence-electron chi connectivity index (χ3n) is 2.18. The molecule has 1 saturated heterocycles. The molecule has 4 atom stereocenters. The van der Waals surface area contributed by atoms with Crippen LogP contribution in [0, 0.1) is 0 Å². The molecule has 3 nitrogen and oxygen atoms in total. The van der Waals surface area contributed by atoms with Gasteiger partial charge in [0.2, 0.25) is 0 Å². The molecule has 4 unspecified atom stereocenters. The van der Waals surface area contributed by atoms with Crippen molar-refractivity contribution in [3.05, 3.63) is 11.8 Å². The largest absolute Gasteiger partial charge is 0.492 e. The van der Waals surface area contributed by atoms with E-state index in [1.54, 1.807) is 0 Å². The molecule has 0 aromatic heterocycles. The molecule has 1 rings (SSSR count). The van der Waals surface area contributed by atoms with Crippen molar-refractivity contribution in [1.82, 2.24) is 0 Å². The first-order chi connectivity index (χ1) is 6.80. The van der Waals surface area contributed by atoms with E-state index in [2.05, 4.69) is 31.9 Å². The lowest BCUT2D eigenvalue weighted by Crippen LogP contribution is -2.30. The maximum absolute atomic E-state index is 5.73. The molecule has 0 aromatic carbocycles. The molecule has 1 fully saturated rings. The highest BCUT2D eigenvalue weighted by atomic mass is 31.0. The van der Waals surface area contributed by atoms with Gasteiger partial charge in [0.1, 0.15) is 6.10 Å². The fourth-order valence-corrected chi connectivity index (χ4v) is 2.01. The van der Waals surface area contributed by atoms with Crippen LogP contribution in [-0.4, -0.2) is 18.8 Å². The normalized spacial score (nSPS) is 30.4. The lowest BCUT2D eigenvalue weighted by molar-refractivity contribution is -0.00346. The monoisotopic (exact) mass is 236 g/mol. The smallest absolute Gasteiger partial charge is 0.124 e. The van der Waals surface area contributed by atoms with Gasteiger partial charge in [0.25, 0.3) is 0 Å². The van der Waals surface area contributed by atoms with E-state index < -0.39 is 0 Å². The zero-order valence-electron chi connectivity index (χ0n) is 8.44. The van der Waals surface area contributed by atoms with Gasteiger partial charge in [0.05, 0.1) is 18.5 Å². The highest BCUT2D eigenvalue weighted by Gasteiger charge is 2.25. The van der Waals surface area contributed by atoms with Gasteiger partial charge in [0, 0.05) is 31.8 Å². The quantitative estimate of drug-likeness (QED) is 0.702. The van der Waals surface area contributed by atoms with Crippen molar-refractivity contribution in [2.45, 2.75) is 38.4 Å². The second-order valence-electron chi connectivity index (χ2n) is 3.35. The average Bonchev–Trinajstić information content (AvgIpc) is 2.18. The summed E-state index contributed by atoms with van der Waals surface area (Å²) in [6.07, 6.45) is 5.20. The van der Waals surface area contributed by atoms with E-state index in [0.29, 0.717) is 6.61 Å². The summed E-state index contributed by atoms with van der Waals surface area (Å²) in [6, 6.07) is 0. The Kier molecular flexibility index (Phi) is 5.96. The zero-order chi connectivity index (χ0) is 10.4. The lowest BCUT2D eigenvalue weighted by atomic mass is 10.0. The summed E-state index contributed by atoms with van der Waals surface area (Å²) in [7, 11) is 4.57. The van der Waals surface area contributed by atoms with Gasteiger partial charge in [-0.2, -0.15) is 0 Å². The molecule has 1 heterocycles. The molecular formula is C9H18O3P2. The number of hydrogen-bond acceptors (Lipinski definition) is 3. The first-order valence-electron chi connectivity index (χ1n) is 4.83. The minimum Gasteiger partial charge on any atom is -0.492 e. The van der Waals surface area contributed by atoms with Crippen LogP contribution >= 0.6 is 18.9 Å². The third-order valence-corrected chi connectivity index (χ3v) is 2.76. The summed E-state index contributed by atoms with van der Waals surface area (Å²) in [5.41, 5.74) is 0. The highest BCUT2D eigenvalue weighted by Crippen LogP contribution is 2.26. The zero-order valence-corrected chi connectivity index (χ0v) is 10.7. The van der Waals surface area contributed by atoms with E-state index in [4.69, 9.17) is 13.8 Å². The van der Waals surface area contributed by atoms with Crippen LogP contribution < -0.4 is 0 Å². The van der Waals surface area contributed by atoms with Gasteiger partial charge in [-0.05, 0) is 12.5 Å². The first kappa shape index (κ1) is 12.4. The van der Waals surface area contributed by atoms with Crippen LogP contribution in [0.25, 0.3) is 0 Å². The summed E-state index contributed by atoms with van der Waals surface area (Å²) in [5, 5.41) is 0. The number of allylic oxidation sites excluding steroid dienone is 1. The molecule has 82 valence electrons. The molecule has 1 aliphatic rings. The van der Waals surface area contributed by atoms with Crippen LogP contribution in [0.5, 0.6) is 0 Å². The van der Waals surface area contributed by atoms with Crippen molar-refractivity contribution in [3.63, 3.8) is 0 Å². The number of ether oxygens (including phenoxy) is 1. The fourth-order valence-electron chi connectivity index (χ4n) is 1.58. The van der Waals surface area contributed by atoms with E-state index in [-0.39, 0.29) is 12.2 Å². The van der Waals surface area contributed by atoms with Gasteiger partial charge < -0.3 is 13.8 Å². The SMILES string of the molecule is CC/C=C1/CC(OP)CC(COP)O1. The number of hydrogen-bond donors (Lipinski definition) is 0. The van der Waals surface area contributed by atoms with Crippen LogP contribution in [0.15, 0.2) is 11.8 Å². The van der Waals surface area contributed by atoms with Crippen molar-refractivity contribution in [3.8, 4) is 0 Å². The predicted molar refractivity (Wildman–Crippen MR) is 62.7 cm³/mol. The summed E-state index contributed by atoms with van der Waals surface area (Å²) >= 11 is 0. The number of rotatable bonds is 4. The average molecular weight is 236 g/mol. The van der Waals surface area contributed by atoms with Crippen molar-refractivity contribution in [1.29, 1.82) is 0 Å². The summed E-state index contributed by atoms with van der Waals surface area (Å²) in [4.78, 5) is 0. The van der Waals surface area contributed by atoms with Gasteiger partial charge in [-0.1, -0.05) is 6.92 Å². The molecule has 14 heavy (non-hydrogen) atoms. The van der Waals surface area contributed by atoms with Crippen molar-refractivity contribution in [2.24, 2.45) is 0 Å². The van der Waals surface area contributed by atoms with E-state index in [1.807, 2.05) is 0 Å². The molecule has 0 aliphatic carbocycles. The standard InChI is InChI=1S/C9H18O3P2/c1-2-3-7-4-8(12-14)5-9(11-7)6-10-13/h3,8-9H,2,4-6,13-14H2,1H3/b7-3-. The summed E-state index contributed by atoms with van der Waals surface area (Å²) in [6.45, 7) is 2.69. The molecular weight excluding hydrogens is 218 g/mol. The molecule has 1 aliphatic heterocycles. The Bertz CT molecular complexity index is 196. The first-order valence-corrected chi connectivity index (χ1v) is 5.77. The van der Waals surface area contributed by atoms with E-state index in [1.165, 1.54) is 0 Å². The van der Waals surface area contributed by atoms with Gasteiger partial charge in [-0.25, -0.2) is 0 Å². The van der Waals surface area contributed by atoms with Crippen LogP contribution in [-0.2, 0) is 13.8 Å². The molecule has 0 N–H and O–H groups in total. The van der Waals surface area contributed by atoms with Crippen LogP contribution in [0.1, 0.15) is 26.2 Å². The minimum absolute atomic E-state index is 0.115. The topological polar surface area (TPSA) is 27.7 Å². The fraction of sp³-hybridized carbons (Fsp3) is 0.778. The predicted octanol–water partition coefficient (Wildman–Crippen LogP) is 2.44. The van der Waals surface area contributed by atoms with Crippen molar-refractivity contribution < 1.29 is 13.8 Å². The Morgan fingerprint density at radius 1 is 1.57 bits per heavy atom. The van der Waals surface area contributed by atoms with Gasteiger partial charge in [-0.3, -0.25) is 0 Å². The third kappa shape index (κ3) is 3.82. The Hall–Kier alpha value is 0.320. The molecule has 0 saturated carbocycles. The Balaban J connectivity index is 2.52. The van der Waals surface area contributed by atoms with E-state index in [9.17, 15) is 0 Å². The molecule has 0 spiro atoms. The van der Waals surface area contributed by atoms with Gasteiger partial charge in [0.15, 0.2) is 0 Å². The van der Waals surface area contributed by atoms with Gasteiger partial charge >= 0.3 is 0 Å². The maximum atomic E-state index is 5.73. The second-order valence-corrected chi connectivity index (χ2v) is 3.96. The molecule has 0 radical (unpaired) electrons. The van der Waals surface area contributed by atoms with E-state index in [0.717, 1.165) is 25.0 Å². The molecule has 0 aromatic rings. The molecule has 5 heteroatoms. The molecule has 0 amide bonds. The molecule has 0 bridgehead atoms. The van der Waals surface area contributed by atoms with Crippen molar-refractivity contribution in [2.75, 3.05) is 6.61 Å². The maximum Gasteiger partial charge on any atom is 0.124 e. The lowest BCUT2D eigenvalue weighted by Gasteiger charge is -2.30. The summed E-state index contributed by atoms with van der Waals surface area (Å²) in [5.74, 6) is 1.03.